The van der Waals surface area contributed by atoms with Crippen LogP contribution in [0.4, 0.5) is 0 Å². The quantitative estimate of drug-likeness (QED) is 0.390. The number of hydrogen-bond donors (Lipinski definition) is 3. The summed E-state index contributed by atoms with van der Waals surface area (Å²) in [6.07, 6.45) is 0.937. The zero-order valence-electron chi connectivity index (χ0n) is 17.9. The first-order chi connectivity index (χ1) is 15.9. The number of fused-ring (bicyclic) bond motifs is 3. The third kappa shape index (κ3) is 3.84. The highest BCUT2D eigenvalue weighted by Gasteiger charge is 2.26. The Morgan fingerprint density at radius 2 is 1.85 bits per heavy atom. The summed E-state index contributed by atoms with van der Waals surface area (Å²) in [7, 11) is 1.92. The lowest BCUT2D eigenvalue weighted by molar-refractivity contribution is 0.0789. The molecule has 8 heteroatoms. The highest BCUT2D eigenvalue weighted by molar-refractivity contribution is 6.42. The maximum Gasteiger partial charge on any atom is 0.253 e. The molecule has 0 aliphatic carbocycles. The van der Waals surface area contributed by atoms with Crippen molar-refractivity contribution in [3.05, 3.63) is 69.7 Å². The minimum Gasteiger partial charge on any atom is -0.366 e. The zero-order valence-corrected chi connectivity index (χ0v) is 19.4. The van der Waals surface area contributed by atoms with Crippen LogP contribution < -0.4 is 11.1 Å². The van der Waals surface area contributed by atoms with Gasteiger partial charge in [0.1, 0.15) is 0 Å². The molecule has 0 spiro atoms. The molecule has 0 radical (unpaired) electrons. The van der Waals surface area contributed by atoms with E-state index in [2.05, 4.69) is 10.3 Å². The van der Waals surface area contributed by atoms with Crippen LogP contribution in [0, 0.1) is 0 Å². The molecule has 2 amide bonds. The van der Waals surface area contributed by atoms with Crippen LogP contribution in [-0.2, 0) is 0 Å². The molecular weight excluding hydrogens is 459 g/mol. The van der Waals surface area contributed by atoms with Crippen LogP contribution in [-0.4, -0.2) is 47.9 Å². The lowest BCUT2D eigenvalue weighted by Crippen LogP contribution is -2.33. The number of carbonyl (C=O) groups excluding carboxylic acids is 2. The van der Waals surface area contributed by atoms with Gasteiger partial charge in [-0.1, -0.05) is 29.3 Å². The Bertz CT molecular complexity index is 1430. The average Bonchev–Trinajstić information content (AvgIpc) is 3.44. The third-order valence-electron chi connectivity index (χ3n) is 6.36. The fourth-order valence-electron chi connectivity index (χ4n) is 4.53. The third-order valence-corrected chi connectivity index (χ3v) is 7.10. The molecule has 0 unspecified atom stereocenters. The number of halogens is 2. The summed E-state index contributed by atoms with van der Waals surface area (Å²) in [5.74, 6) is -0.542. The number of amides is 2. The molecule has 1 fully saturated rings. The number of likely N-dealkylation sites (N-methyl/N-ethyl adjacent to an activating group) is 1. The Kier molecular flexibility index (Phi) is 5.52. The Labute approximate surface area is 200 Å². The van der Waals surface area contributed by atoms with E-state index in [-0.39, 0.29) is 5.91 Å². The molecule has 0 saturated carbocycles. The van der Waals surface area contributed by atoms with Crippen molar-refractivity contribution in [3.8, 4) is 11.1 Å². The highest BCUT2D eigenvalue weighted by atomic mass is 35.5. The smallest absolute Gasteiger partial charge is 0.253 e. The van der Waals surface area contributed by atoms with E-state index in [0.29, 0.717) is 39.3 Å². The molecule has 1 atom stereocenters. The molecule has 0 bridgehead atoms. The molecule has 1 aliphatic heterocycles. The van der Waals surface area contributed by atoms with Gasteiger partial charge in [0.15, 0.2) is 0 Å². The van der Waals surface area contributed by atoms with E-state index >= 15 is 0 Å². The number of hydrogen-bond acceptors (Lipinski definition) is 3. The molecule has 5 rings (SSSR count). The van der Waals surface area contributed by atoms with E-state index < -0.39 is 5.91 Å². The predicted molar refractivity (Wildman–Crippen MR) is 133 cm³/mol. The standard InChI is InChI=1S/C25H22Cl2N4O2/c1-29-16-6-7-31(12-16)25(33)14-3-5-22-17(8-14)18-9-15(10-19(24(28)32)23(18)30-22)13-2-4-20(26)21(27)11-13/h2-5,8-11,16,29-30H,6-7,12H2,1H3,(H2,28,32)/t16-/m1/s1. The van der Waals surface area contributed by atoms with Gasteiger partial charge in [-0.3, -0.25) is 9.59 Å². The van der Waals surface area contributed by atoms with Gasteiger partial charge in [0.2, 0.25) is 0 Å². The van der Waals surface area contributed by atoms with Crippen molar-refractivity contribution in [2.45, 2.75) is 12.5 Å². The number of likely N-dealkylation sites (tertiary alicyclic amines) is 1. The molecule has 4 aromatic rings. The second-order valence-electron chi connectivity index (χ2n) is 8.35. The highest BCUT2D eigenvalue weighted by Crippen LogP contribution is 2.35. The fourth-order valence-corrected chi connectivity index (χ4v) is 4.83. The second-order valence-corrected chi connectivity index (χ2v) is 9.16. The normalized spacial score (nSPS) is 16.1. The van der Waals surface area contributed by atoms with Crippen molar-refractivity contribution < 1.29 is 9.59 Å². The second kappa shape index (κ2) is 8.37. The molecule has 1 aliphatic rings. The maximum atomic E-state index is 13.1. The first-order valence-electron chi connectivity index (χ1n) is 10.7. The van der Waals surface area contributed by atoms with Crippen molar-refractivity contribution in [3.63, 3.8) is 0 Å². The topological polar surface area (TPSA) is 91.2 Å². The summed E-state index contributed by atoms with van der Waals surface area (Å²) in [6, 6.07) is 14.9. The van der Waals surface area contributed by atoms with E-state index in [9.17, 15) is 9.59 Å². The molecule has 6 nitrogen and oxygen atoms in total. The Balaban J connectivity index is 1.66. The number of carbonyl (C=O) groups is 2. The van der Waals surface area contributed by atoms with Crippen LogP contribution in [0.3, 0.4) is 0 Å². The van der Waals surface area contributed by atoms with E-state index in [1.807, 2.05) is 42.3 Å². The Hall–Kier alpha value is -3.06. The lowest BCUT2D eigenvalue weighted by atomic mass is 9.98. The Morgan fingerprint density at radius 1 is 1.03 bits per heavy atom. The summed E-state index contributed by atoms with van der Waals surface area (Å²) >= 11 is 12.3. The van der Waals surface area contributed by atoms with E-state index in [1.54, 1.807) is 18.2 Å². The van der Waals surface area contributed by atoms with Crippen molar-refractivity contribution in [1.82, 2.24) is 15.2 Å². The van der Waals surface area contributed by atoms with E-state index in [4.69, 9.17) is 28.9 Å². The minimum absolute atomic E-state index is 0.000220. The molecule has 1 aromatic heterocycles. The summed E-state index contributed by atoms with van der Waals surface area (Å²) in [4.78, 5) is 30.6. The first kappa shape index (κ1) is 21.8. The number of primary amides is 1. The summed E-state index contributed by atoms with van der Waals surface area (Å²) in [6.45, 7) is 1.41. The number of nitrogens with one attached hydrogen (secondary N) is 2. The van der Waals surface area contributed by atoms with Gasteiger partial charge in [-0.15, -0.1) is 0 Å². The summed E-state index contributed by atoms with van der Waals surface area (Å²) < 4.78 is 0. The number of rotatable bonds is 4. The number of aromatic amines is 1. The van der Waals surface area contributed by atoms with Gasteiger partial charge >= 0.3 is 0 Å². The molecule has 33 heavy (non-hydrogen) atoms. The largest absolute Gasteiger partial charge is 0.366 e. The van der Waals surface area contributed by atoms with Crippen LogP contribution in [0.1, 0.15) is 27.1 Å². The SMILES string of the molecule is CN[C@@H]1CCN(C(=O)c2ccc3[nH]c4c(C(N)=O)cc(-c5ccc(Cl)c(Cl)c5)cc4c3c2)C1. The summed E-state index contributed by atoms with van der Waals surface area (Å²) in [5.41, 5.74) is 9.76. The number of nitrogens with zero attached hydrogens (tertiary/aromatic N) is 1. The summed E-state index contributed by atoms with van der Waals surface area (Å²) in [5, 5.41) is 5.78. The lowest BCUT2D eigenvalue weighted by Gasteiger charge is -2.16. The van der Waals surface area contributed by atoms with Crippen LogP contribution in [0.2, 0.25) is 10.0 Å². The number of nitrogens with two attached hydrogens (primary N) is 1. The predicted octanol–water partition coefficient (Wildman–Crippen LogP) is 4.83. The van der Waals surface area contributed by atoms with Crippen molar-refractivity contribution in [2.24, 2.45) is 5.73 Å². The van der Waals surface area contributed by atoms with Crippen LogP contribution in [0.25, 0.3) is 32.9 Å². The molecule has 168 valence electrons. The maximum absolute atomic E-state index is 13.1. The minimum atomic E-state index is -0.542. The fraction of sp³-hybridized carbons (Fsp3) is 0.200. The van der Waals surface area contributed by atoms with Gasteiger partial charge in [-0.05, 0) is 67.1 Å². The molecule has 1 saturated heterocycles. The van der Waals surface area contributed by atoms with E-state index in [0.717, 1.165) is 40.4 Å². The van der Waals surface area contributed by atoms with Crippen molar-refractivity contribution >= 4 is 56.8 Å². The monoisotopic (exact) mass is 480 g/mol. The zero-order chi connectivity index (χ0) is 23.3. The van der Waals surface area contributed by atoms with Crippen LogP contribution in [0.15, 0.2) is 48.5 Å². The van der Waals surface area contributed by atoms with Crippen LogP contribution in [0.5, 0.6) is 0 Å². The van der Waals surface area contributed by atoms with Gasteiger partial charge in [0, 0.05) is 41.0 Å². The number of aromatic nitrogens is 1. The van der Waals surface area contributed by atoms with Gasteiger partial charge in [-0.25, -0.2) is 0 Å². The van der Waals surface area contributed by atoms with Gasteiger partial charge in [0.25, 0.3) is 11.8 Å². The molecule has 3 aromatic carbocycles. The molecule has 4 N–H and O–H groups in total. The Morgan fingerprint density at radius 3 is 2.55 bits per heavy atom. The van der Waals surface area contributed by atoms with Crippen LogP contribution >= 0.6 is 23.2 Å². The van der Waals surface area contributed by atoms with Gasteiger partial charge in [-0.2, -0.15) is 0 Å². The first-order valence-corrected chi connectivity index (χ1v) is 11.4. The number of benzene rings is 3. The molecular formula is C25H22Cl2N4O2. The average molecular weight is 481 g/mol. The van der Waals surface area contributed by atoms with Crippen molar-refractivity contribution in [2.75, 3.05) is 20.1 Å². The van der Waals surface area contributed by atoms with Gasteiger partial charge < -0.3 is 20.9 Å². The van der Waals surface area contributed by atoms with E-state index in [1.165, 1.54) is 0 Å². The van der Waals surface area contributed by atoms with Crippen molar-refractivity contribution in [1.29, 1.82) is 0 Å². The molecule has 2 heterocycles. The van der Waals surface area contributed by atoms with Gasteiger partial charge in [0.05, 0.1) is 21.1 Å². The number of H-pyrrole nitrogens is 1.